The summed E-state index contributed by atoms with van der Waals surface area (Å²) in [5.41, 5.74) is 0. The van der Waals surface area contributed by atoms with Crippen LogP contribution in [0.1, 0.15) is 26.0 Å². The van der Waals surface area contributed by atoms with Gasteiger partial charge in [0.1, 0.15) is 18.1 Å². The van der Waals surface area contributed by atoms with Crippen LogP contribution in [-0.2, 0) is 16.0 Å². The molecule has 0 saturated heterocycles. The van der Waals surface area contributed by atoms with Gasteiger partial charge in [-0.3, -0.25) is 0 Å². The van der Waals surface area contributed by atoms with E-state index in [9.17, 15) is 17.7 Å². The van der Waals surface area contributed by atoms with Gasteiger partial charge in [0.2, 0.25) is 0 Å². The highest BCUT2D eigenvalue weighted by molar-refractivity contribution is 7.91. The first-order valence-corrected chi connectivity index (χ1v) is 6.95. The third-order valence-electron chi connectivity index (χ3n) is 1.86. The normalized spacial score (nSPS) is 12.9. The van der Waals surface area contributed by atoms with Crippen LogP contribution >= 0.6 is 0 Å². The summed E-state index contributed by atoms with van der Waals surface area (Å²) in [4.78, 5) is 8.58. The van der Waals surface area contributed by atoms with Crippen LogP contribution < -0.4 is 0 Å². The maximum Gasteiger partial charge on any atom is 0.415 e. The van der Waals surface area contributed by atoms with Gasteiger partial charge in [-0.1, -0.05) is 5.16 Å². The average molecular weight is 310 g/mol. The van der Waals surface area contributed by atoms with Crippen molar-refractivity contribution in [3.63, 3.8) is 0 Å². The van der Waals surface area contributed by atoms with Crippen LogP contribution in [0.25, 0.3) is 0 Å². The minimum atomic E-state index is -2.41. The Kier molecular flexibility index (Phi) is 6.59. The summed E-state index contributed by atoms with van der Waals surface area (Å²) < 4.78 is 52.9. The maximum atomic E-state index is 12.6. The summed E-state index contributed by atoms with van der Waals surface area (Å²) in [5.74, 6) is -1.73. The van der Waals surface area contributed by atoms with E-state index in [-0.39, 0.29) is 22.8 Å². The first-order valence-electron chi connectivity index (χ1n) is 5.63. The zero-order valence-electron chi connectivity index (χ0n) is 10.8. The summed E-state index contributed by atoms with van der Waals surface area (Å²) in [7, 11) is 0. The summed E-state index contributed by atoms with van der Waals surface area (Å²) >= 11 is -1.80. The lowest BCUT2D eigenvalue weighted by atomic mass is 10.4. The Bertz CT molecular complexity index is 487. The second kappa shape index (κ2) is 7.95. The number of hydrogen-bond donors (Lipinski definition) is 0. The van der Waals surface area contributed by atoms with Crippen molar-refractivity contribution in [2.45, 2.75) is 31.6 Å². The van der Waals surface area contributed by atoms with Crippen LogP contribution in [0.15, 0.2) is 32.9 Å². The van der Waals surface area contributed by atoms with E-state index in [1.807, 2.05) is 0 Å². The summed E-state index contributed by atoms with van der Waals surface area (Å²) in [6.45, 7) is 3.56. The molecule has 1 rings (SSSR count). The number of aromatic nitrogens is 1. The third kappa shape index (κ3) is 5.66. The van der Waals surface area contributed by atoms with Crippen LogP contribution in [0, 0.1) is 0 Å². The van der Waals surface area contributed by atoms with Crippen molar-refractivity contribution in [1.82, 2.24) is 4.98 Å². The molecule has 1 unspecified atom stereocenters. The summed E-state index contributed by atoms with van der Waals surface area (Å²) in [6.07, 6.45) is -0.671. The number of nitrogens with zero attached hydrogens (tertiary/aromatic N) is 2. The Morgan fingerprint density at radius 2 is 2.25 bits per heavy atom. The SMILES string of the molecule is CC(C)ON=Cc1cnc([S+]([O-])CCC(F)=C(F)F)o1. The second-order valence-corrected chi connectivity index (χ2v) is 5.33. The van der Waals surface area contributed by atoms with Crippen molar-refractivity contribution in [3.8, 4) is 0 Å². The topological polar surface area (TPSA) is 70.7 Å². The van der Waals surface area contributed by atoms with E-state index in [0.29, 0.717) is 0 Å². The molecule has 0 spiro atoms. The third-order valence-corrected chi connectivity index (χ3v) is 3.01. The molecule has 112 valence electrons. The molecule has 0 N–H and O–H groups in total. The van der Waals surface area contributed by atoms with Gasteiger partial charge >= 0.3 is 11.3 Å². The first-order chi connectivity index (χ1) is 9.40. The minimum absolute atomic E-state index is 0.104. The molecule has 0 aliphatic carbocycles. The minimum Gasteiger partial charge on any atom is -0.608 e. The van der Waals surface area contributed by atoms with Gasteiger partial charge in [0.05, 0.1) is 12.6 Å². The quantitative estimate of drug-likeness (QED) is 0.441. The summed E-state index contributed by atoms with van der Waals surface area (Å²) in [5, 5.41) is 3.41. The monoisotopic (exact) mass is 310 g/mol. The van der Waals surface area contributed by atoms with E-state index >= 15 is 0 Å². The van der Waals surface area contributed by atoms with Crippen LogP contribution in [0.4, 0.5) is 13.2 Å². The van der Waals surface area contributed by atoms with E-state index in [2.05, 4.69) is 10.1 Å². The van der Waals surface area contributed by atoms with Crippen molar-refractivity contribution < 1.29 is 27.0 Å². The fraction of sp³-hybridized carbons (Fsp3) is 0.455. The molecule has 1 heterocycles. The molecule has 1 aromatic heterocycles. The van der Waals surface area contributed by atoms with Gasteiger partial charge < -0.3 is 13.8 Å². The number of rotatable bonds is 7. The molecule has 9 heteroatoms. The predicted octanol–water partition coefficient (Wildman–Crippen LogP) is 3.01. The van der Waals surface area contributed by atoms with Gasteiger partial charge in [-0.05, 0) is 13.8 Å². The van der Waals surface area contributed by atoms with E-state index in [4.69, 9.17) is 9.25 Å². The standard InChI is InChI=1S/C11H13F3N2O3S/c1-7(2)19-16-6-8-5-15-11(18-8)20(17)4-3-9(12)10(13)14/h5-7H,3-4H2,1-2H3. The molecule has 5 nitrogen and oxygen atoms in total. The molecule has 1 aromatic rings. The van der Waals surface area contributed by atoms with E-state index in [1.54, 1.807) is 13.8 Å². The lowest BCUT2D eigenvalue weighted by Crippen LogP contribution is -2.07. The largest absolute Gasteiger partial charge is 0.608 e. The molecule has 0 aromatic carbocycles. The highest BCUT2D eigenvalue weighted by atomic mass is 32.2. The van der Waals surface area contributed by atoms with Gasteiger partial charge in [0.25, 0.3) is 0 Å². The van der Waals surface area contributed by atoms with Crippen molar-refractivity contribution in [3.05, 3.63) is 23.9 Å². The molecule has 0 aliphatic rings. The zero-order chi connectivity index (χ0) is 15.1. The molecule has 0 fully saturated rings. The van der Waals surface area contributed by atoms with Crippen molar-refractivity contribution in [2.24, 2.45) is 5.16 Å². The molecule has 0 saturated carbocycles. The summed E-state index contributed by atoms with van der Waals surface area (Å²) in [6, 6.07) is 0. The number of oxazole rings is 1. The van der Waals surface area contributed by atoms with Crippen molar-refractivity contribution >= 4 is 17.4 Å². The number of allylic oxidation sites excluding steroid dienone is 1. The molecule has 0 aliphatic heterocycles. The lowest BCUT2D eigenvalue weighted by molar-refractivity contribution is 0.0870. The fourth-order valence-electron chi connectivity index (χ4n) is 1.00. The van der Waals surface area contributed by atoms with Crippen molar-refractivity contribution in [2.75, 3.05) is 5.75 Å². The van der Waals surface area contributed by atoms with Crippen LogP contribution in [-0.4, -0.2) is 27.6 Å². The number of halogens is 3. The Labute approximate surface area is 116 Å². The Morgan fingerprint density at radius 1 is 1.55 bits per heavy atom. The van der Waals surface area contributed by atoms with Gasteiger partial charge in [0, 0.05) is 11.2 Å². The van der Waals surface area contributed by atoms with Crippen molar-refractivity contribution in [1.29, 1.82) is 0 Å². The van der Waals surface area contributed by atoms with E-state index in [1.165, 1.54) is 12.4 Å². The van der Waals surface area contributed by atoms with Crippen LogP contribution in [0.5, 0.6) is 0 Å². The molecule has 0 amide bonds. The highest BCUT2D eigenvalue weighted by Crippen LogP contribution is 2.17. The van der Waals surface area contributed by atoms with Crippen LogP contribution in [0.3, 0.4) is 0 Å². The Morgan fingerprint density at radius 3 is 2.85 bits per heavy atom. The molecule has 0 bridgehead atoms. The van der Waals surface area contributed by atoms with Gasteiger partial charge in [-0.25, -0.2) is 4.39 Å². The Hall–Kier alpha value is -1.48. The van der Waals surface area contributed by atoms with E-state index in [0.717, 1.165) is 0 Å². The van der Waals surface area contributed by atoms with Crippen LogP contribution in [0.2, 0.25) is 0 Å². The zero-order valence-corrected chi connectivity index (χ0v) is 11.6. The number of hydrogen-bond acceptors (Lipinski definition) is 5. The lowest BCUT2D eigenvalue weighted by Gasteiger charge is -2.03. The molecular formula is C11H13F3N2O3S. The van der Waals surface area contributed by atoms with Gasteiger partial charge in [-0.15, -0.1) is 0 Å². The van der Waals surface area contributed by atoms with E-state index < -0.39 is 29.5 Å². The smallest absolute Gasteiger partial charge is 0.415 e. The predicted molar refractivity (Wildman–Crippen MR) is 66.6 cm³/mol. The molecule has 20 heavy (non-hydrogen) atoms. The maximum absolute atomic E-state index is 12.6. The Balaban J connectivity index is 2.54. The second-order valence-electron chi connectivity index (χ2n) is 3.88. The molecular weight excluding hydrogens is 297 g/mol. The number of oxime groups is 1. The van der Waals surface area contributed by atoms with Gasteiger partial charge in [0.15, 0.2) is 11.6 Å². The fourth-order valence-corrected chi connectivity index (χ4v) is 1.90. The highest BCUT2D eigenvalue weighted by Gasteiger charge is 2.20. The average Bonchev–Trinajstić information content (AvgIpc) is 2.83. The first kappa shape index (κ1) is 16.6. The molecule has 1 atom stereocenters. The van der Waals surface area contributed by atoms with Gasteiger partial charge in [-0.2, -0.15) is 13.8 Å². The molecule has 0 radical (unpaired) electrons.